The zero-order chi connectivity index (χ0) is 21.0. The second-order valence-electron chi connectivity index (χ2n) is 6.37. The monoisotopic (exact) mass is 434 g/mol. The highest BCUT2D eigenvalue weighted by Crippen LogP contribution is 2.32. The number of benzene rings is 2. The Morgan fingerprint density at radius 1 is 1.14 bits per heavy atom. The van der Waals surface area contributed by atoms with Gasteiger partial charge in [-0.3, -0.25) is 4.79 Å². The van der Waals surface area contributed by atoms with Gasteiger partial charge in [0, 0.05) is 24.2 Å². The molecular weight excluding hydrogens is 412 g/mol. The standard InChI is InChI=1S/C21H23ClN2O4S/c1-13(20(25)14-5-8-18(27-3)19(11-14)28-4)29-21-23-16-12-15(22)6-7-17(16)24(21)9-10-26-2/h5-8,11-13H,9-10H2,1-4H3. The molecule has 0 fully saturated rings. The number of aromatic nitrogens is 2. The predicted octanol–water partition coefficient (Wildman–Crippen LogP) is 4.72. The number of hydrogen-bond acceptors (Lipinski definition) is 6. The van der Waals surface area contributed by atoms with Crippen LogP contribution in [0.25, 0.3) is 11.0 Å². The van der Waals surface area contributed by atoms with Crippen molar-refractivity contribution in [2.24, 2.45) is 0 Å². The Hall–Kier alpha value is -2.22. The van der Waals surface area contributed by atoms with Crippen molar-refractivity contribution in [2.45, 2.75) is 23.9 Å². The SMILES string of the molecule is COCCn1c(SC(C)C(=O)c2ccc(OC)c(OC)c2)nc2cc(Cl)ccc21. The summed E-state index contributed by atoms with van der Waals surface area (Å²) in [4.78, 5) is 17.7. The van der Waals surface area contributed by atoms with Gasteiger partial charge in [-0.25, -0.2) is 4.98 Å². The van der Waals surface area contributed by atoms with Crippen molar-refractivity contribution < 1.29 is 19.0 Å². The summed E-state index contributed by atoms with van der Waals surface area (Å²) in [6.45, 7) is 3.05. The molecule has 0 amide bonds. The van der Waals surface area contributed by atoms with Crippen LogP contribution >= 0.6 is 23.4 Å². The maximum Gasteiger partial charge on any atom is 0.176 e. The van der Waals surface area contributed by atoms with Crippen LogP contribution in [0.4, 0.5) is 0 Å². The molecule has 0 N–H and O–H groups in total. The number of ether oxygens (including phenoxy) is 3. The Morgan fingerprint density at radius 2 is 1.90 bits per heavy atom. The highest BCUT2D eigenvalue weighted by atomic mass is 35.5. The second-order valence-corrected chi connectivity index (χ2v) is 8.11. The van der Waals surface area contributed by atoms with Crippen LogP contribution in [0.2, 0.25) is 5.02 Å². The average Bonchev–Trinajstić information content (AvgIpc) is 3.06. The lowest BCUT2D eigenvalue weighted by Crippen LogP contribution is -2.15. The van der Waals surface area contributed by atoms with Crippen LogP contribution in [0.15, 0.2) is 41.6 Å². The summed E-state index contributed by atoms with van der Waals surface area (Å²) in [6.07, 6.45) is 0. The Labute approximate surface area is 179 Å². The van der Waals surface area contributed by atoms with Crippen LogP contribution in [-0.4, -0.2) is 48.5 Å². The molecule has 1 atom stereocenters. The summed E-state index contributed by atoms with van der Waals surface area (Å²) >= 11 is 7.53. The molecule has 3 aromatic rings. The average molecular weight is 435 g/mol. The minimum Gasteiger partial charge on any atom is -0.493 e. The first kappa shape index (κ1) is 21.5. The van der Waals surface area contributed by atoms with E-state index in [2.05, 4.69) is 4.57 Å². The zero-order valence-corrected chi connectivity index (χ0v) is 18.3. The van der Waals surface area contributed by atoms with Gasteiger partial charge in [0.1, 0.15) is 0 Å². The van der Waals surface area contributed by atoms with Crippen molar-refractivity contribution in [2.75, 3.05) is 27.9 Å². The van der Waals surface area contributed by atoms with E-state index in [0.29, 0.717) is 35.2 Å². The number of halogens is 1. The minimum atomic E-state index is -0.346. The van der Waals surface area contributed by atoms with E-state index in [1.54, 1.807) is 39.5 Å². The first-order valence-electron chi connectivity index (χ1n) is 9.06. The van der Waals surface area contributed by atoms with E-state index >= 15 is 0 Å². The van der Waals surface area contributed by atoms with E-state index in [0.717, 1.165) is 16.2 Å². The molecule has 0 aliphatic carbocycles. The Morgan fingerprint density at radius 3 is 2.59 bits per heavy atom. The van der Waals surface area contributed by atoms with Crippen LogP contribution in [0.1, 0.15) is 17.3 Å². The van der Waals surface area contributed by atoms with Gasteiger partial charge in [0.2, 0.25) is 0 Å². The van der Waals surface area contributed by atoms with Crippen molar-refractivity contribution in [1.29, 1.82) is 0 Å². The molecule has 0 spiro atoms. The number of thioether (sulfide) groups is 1. The summed E-state index contributed by atoms with van der Waals surface area (Å²) in [7, 11) is 4.77. The number of methoxy groups -OCH3 is 3. The van der Waals surface area contributed by atoms with Gasteiger partial charge in [-0.15, -0.1) is 0 Å². The predicted molar refractivity (Wildman–Crippen MR) is 116 cm³/mol. The third-order valence-corrected chi connectivity index (χ3v) is 5.84. The summed E-state index contributed by atoms with van der Waals surface area (Å²) in [6, 6.07) is 10.8. The van der Waals surface area contributed by atoms with Gasteiger partial charge in [-0.05, 0) is 43.3 Å². The molecule has 0 aliphatic rings. The van der Waals surface area contributed by atoms with Gasteiger partial charge in [0.15, 0.2) is 22.4 Å². The Kier molecular flexibility index (Phi) is 7.05. The first-order chi connectivity index (χ1) is 14.0. The van der Waals surface area contributed by atoms with Gasteiger partial charge in [-0.1, -0.05) is 23.4 Å². The van der Waals surface area contributed by atoms with E-state index in [1.165, 1.54) is 11.8 Å². The van der Waals surface area contributed by atoms with Crippen LogP contribution in [0.3, 0.4) is 0 Å². The number of imidazole rings is 1. The first-order valence-corrected chi connectivity index (χ1v) is 10.3. The third-order valence-electron chi connectivity index (χ3n) is 4.51. The quantitative estimate of drug-likeness (QED) is 0.359. The largest absolute Gasteiger partial charge is 0.493 e. The summed E-state index contributed by atoms with van der Waals surface area (Å²) in [5.74, 6) is 1.10. The molecule has 2 aromatic carbocycles. The molecule has 154 valence electrons. The molecule has 0 aliphatic heterocycles. The van der Waals surface area contributed by atoms with E-state index in [-0.39, 0.29) is 11.0 Å². The molecular formula is C21H23ClN2O4S. The van der Waals surface area contributed by atoms with Crippen LogP contribution in [-0.2, 0) is 11.3 Å². The number of fused-ring (bicyclic) bond motifs is 1. The molecule has 0 saturated heterocycles. The smallest absolute Gasteiger partial charge is 0.176 e. The number of nitrogens with zero attached hydrogens (tertiary/aromatic N) is 2. The number of carbonyl (C=O) groups excluding carboxylic acids is 1. The second kappa shape index (κ2) is 9.52. The van der Waals surface area contributed by atoms with Crippen molar-refractivity contribution >= 4 is 40.2 Å². The Balaban J connectivity index is 1.88. The fourth-order valence-corrected chi connectivity index (χ4v) is 4.20. The molecule has 1 aromatic heterocycles. The molecule has 0 bridgehead atoms. The van der Waals surface area contributed by atoms with Crippen molar-refractivity contribution in [1.82, 2.24) is 9.55 Å². The topological polar surface area (TPSA) is 62.6 Å². The number of hydrogen-bond donors (Lipinski definition) is 0. The number of Topliss-reactive ketones (excluding diaryl/α,β-unsaturated/α-hetero) is 1. The van der Waals surface area contributed by atoms with E-state index in [1.807, 2.05) is 25.1 Å². The molecule has 0 saturated carbocycles. The molecule has 0 radical (unpaired) electrons. The molecule has 3 rings (SSSR count). The molecule has 1 heterocycles. The van der Waals surface area contributed by atoms with Crippen molar-refractivity contribution in [3.63, 3.8) is 0 Å². The maximum absolute atomic E-state index is 13.0. The summed E-state index contributed by atoms with van der Waals surface area (Å²) < 4.78 is 17.8. The number of ketones is 1. The maximum atomic E-state index is 13.0. The normalized spacial score (nSPS) is 12.2. The highest BCUT2D eigenvalue weighted by Gasteiger charge is 2.22. The van der Waals surface area contributed by atoms with Crippen molar-refractivity contribution in [3.05, 3.63) is 47.0 Å². The van der Waals surface area contributed by atoms with Crippen LogP contribution in [0.5, 0.6) is 11.5 Å². The van der Waals surface area contributed by atoms with E-state index in [4.69, 9.17) is 30.8 Å². The minimum absolute atomic E-state index is 0.0145. The number of rotatable bonds is 9. The van der Waals surface area contributed by atoms with E-state index < -0.39 is 0 Å². The fourth-order valence-electron chi connectivity index (χ4n) is 3.01. The van der Waals surface area contributed by atoms with Gasteiger partial charge < -0.3 is 18.8 Å². The van der Waals surface area contributed by atoms with Crippen LogP contribution in [0, 0.1) is 0 Å². The molecule has 29 heavy (non-hydrogen) atoms. The van der Waals surface area contributed by atoms with Gasteiger partial charge >= 0.3 is 0 Å². The van der Waals surface area contributed by atoms with Crippen molar-refractivity contribution in [3.8, 4) is 11.5 Å². The third kappa shape index (κ3) is 4.69. The Bertz CT molecular complexity index is 1020. The number of carbonyl (C=O) groups is 1. The zero-order valence-electron chi connectivity index (χ0n) is 16.8. The lowest BCUT2D eigenvalue weighted by Gasteiger charge is -2.14. The van der Waals surface area contributed by atoms with Gasteiger partial charge in [-0.2, -0.15) is 0 Å². The van der Waals surface area contributed by atoms with Crippen LogP contribution < -0.4 is 9.47 Å². The van der Waals surface area contributed by atoms with Gasteiger partial charge in [0.25, 0.3) is 0 Å². The van der Waals surface area contributed by atoms with E-state index in [9.17, 15) is 4.79 Å². The molecule has 8 heteroatoms. The lowest BCUT2D eigenvalue weighted by molar-refractivity contribution is 0.0993. The highest BCUT2D eigenvalue weighted by molar-refractivity contribution is 8.00. The van der Waals surface area contributed by atoms with Gasteiger partial charge in [0.05, 0.1) is 37.1 Å². The lowest BCUT2D eigenvalue weighted by atomic mass is 10.1. The summed E-state index contributed by atoms with van der Waals surface area (Å²) in [5, 5.41) is 1.03. The molecule has 6 nitrogen and oxygen atoms in total. The molecule has 1 unspecified atom stereocenters. The fraction of sp³-hybridized carbons (Fsp3) is 0.333. The summed E-state index contributed by atoms with van der Waals surface area (Å²) in [5.41, 5.74) is 2.31.